The minimum absolute atomic E-state index is 0.0285. The highest BCUT2D eigenvalue weighted by atomic mass is 16.6. The fraction of sp³-hybridized carbons (Fsp3) is 0.808. The van der Waals surface area contributed by atoms with E-state index in [9.17, 15) is 24.6 Å². The maximum Gasteiger partial charge on any atom is 0.309 e. The lowest BCUT2D eigenvalue weighted by Crippen LogP contribution is -2.61. The third-order valence-corrected chi connectivity index (χ3v) is 10.00. The molecule has 1 heterocycles. The van der Waals surface area contributed by atoms with Crippen LogP contribution in [0.1, 0.15) is 72.6 Å². The van der Waals surface area contributed by atoms with Gasteiger partial charge in [0.2, 0.25) is 0 Å². The van der Waals surface area contributed by atoms with Crippen molar-refractivity contribution in [2.24, 2.45) is 34.5 Å². The number of carboxylic acid groups (broad SMARTS) is 1. The zero-order valence-corrected chi connectivity index (χ0v) is 20.0. The van der Waals surface area contributed by atoms with Crippen LogP contribution >= 0.6 is 0 Å². The minimum Gasteiger partial charge on any atom is -0.481 e. The molecule has 4 aliphatic carbocycles. The molecular formula is C26H36O7. The number of carbonyl (C=O) groups is 3. The lowest BCUT2D eigenvalue weighted by atomic mass is 9.44. The number of allylic oxidation sites excluding steroid dienone is 1. The van der Waals surface area contributed by atoms with E-state index >= 15 is 0 Å². The quantitative estimate of drug-likeness (QED) is 0.478. The van der Waals surface area contributed by atoms with E-state index in [1.165, 1.54) is 0 Å². The Labute approximate surface area is 194 Å². The molecule has 5 aliphatic rings. The molecule has 0 amide bonds. The summed E-state index contributed by atoms with van der Waals surface area (Å²) in [7, 11) is 0. The number of fused-ring (bicyclic) bond motifs is 8. The van der Waals surface area contributed by atoms with E-state index in [1.54, 1.807) is 6.08 Å². The van der Waals surface area contributed by atoms with Gasteiger partial charge in [-0.1, -0.05) is 19.4 Å². The standard InChI is InChI=1S/C26H36O7/c1-13(2)32-23(30)16-12-14-11-15(27)5-8-24(14,3)20-19(16)17-6-9-26(31,10-7-18(28)29)25(17,4)22-21(20)33-22/h11,13,16-17,19-22,31H,5-10,12H2,1-4H3,(H,28,29)/t16-,17+,19+,20-,21+,22?,24+,25-,26-/m1/s1. The van der Waals surface area contributed by atoms with E-state index in [-0.39, 0.29) is 72.0 Å². The van der Waals surface area contributed by atoms with Crippen LogP contribution in [0.25, 0.3) is 0 Å². The predicted octanol–water partition coefficient (Wildman–Crippen LogP) is 3.28. The summed E-state index contributed by atoms with van der Waals surface area (Å²) in [6, 6.07) is 0. The van der Waals surface area contributed by atoms with Gasteiger partial charge in [-0.25, -0.2) is 0 Å². The molecule has 182 valence electrons. The van der Waals surface area contributed by atoms with Gasteiger partial charge in [-0.3, -0.25) is 14.4 Å². The highest BCUT2D eigenvalue weighted by Gasteiger charge is 2.78. The van der Waals surface area contributed by atoms with Crippen molar-refractivity contribution in [3.63, 3.8) is 0 Å². The van der Waals surface area contributed by atoms with Crippen LogP contribution in [0, 0.1) is 34.5 Å². The summed E-state index contributed by atoms with van der Waals surface area (Å²) in [5.41, 5.74) is -0.905. The first kappa shape index (κ1) is 23.0. The van der Waals surface area contributed by atoms with Gasteiger partial charge in [-0.2, -0.15) is 0 Å². The van der Waals surface area contributed by atoms with Crippen molar-refractivity contribution in [1.82, 2.24) is 0 Å². The average molecular weight is 461 g/mol. The third kappa shape index (κ3) is 3.18. The lowest BCUT2D eigenvalue weighted by Gasteiger charge is -2.58. The molecule has 3 saturated carbocycles. The first-order valence-electron chi connectivity index (χ1n) is 12.5. The number of aliphatic carboxylic acids is 1. The minimum atomic E-state index is -1.13. The summed E-state index contributed by atoms with van der Waals surface area (Å²) < 4.78 is 12.1. The Morgan fingerprint density at radius 3 is 2.67 bits per heavy atom. The molecule has 1 aliphatic heterocycles. The van der Waals surface area contributed by atoms with Crippen molar-refractivity contribution in [1.29, 1.82) is 0 Å². The Balaban J connectivity index is 1.58. The van der Waals surface area contributed by atoms with Crippen molar-refractivity contribution in [3.8, 4) is 0 Å². The molecule has 1 saturated heterocycles. The second-order valence-electron chi connectivity index (χ2n) is 11.8. The first-order valence-corrected chi connectivity index (χ1v) is 12.5. The van der Waals surface area contributed by atoms with Crippen molar-refractivity contribution in [2.75, 3.05) is 0 Å². The van der Waals surface area contributed by atoms with Crippen molar-refractivity contribution >= 4 is 17.7 Å². The molecule has 7 nitrogen and oxygen atoms in total. The number of ether oxygens (including phenoxy) is 2. The number of carboxylic acids is 1. The molecule has 2 N–H and O–H groups in total. The SMILES string of the molecule is CC(C)OC(=O)[C@@H]1CC2=CC(=O)CC[C@]2(C)[C@@H]2[C@@H]1[C@@H]1CC[C@@](O)(CCC(=O)O)[C@@]1(C)C1O[C@H]12. The number of esters is 1. The zero-order valence-electron chi connectivity index (χ0n) is 20.0. The van der Waals surface area contributed by atoms with Gasteiger partial charge in [-0.15, -0.1) is 0 Å². The van der Waals surface area contributed by atoms with Gasteiger partial charge in [0.15, 0.2) is 5.78 Å². The topological polar surface area (TPSA) is 113 Å². The number of rotatable bonds is 5. The van der Waals surface area contributed by atoms with E-state index in [4.69, 9.17) is 9.47 Å². The van der Waals surface area contributed by atoms with Gasteiger partial charge in [0.25, 0.3) is 0 Å². The number of carbonyl (C=O) groups excluding carboxylic acids is 2. The number of ketones is 1. The molecule has 4 fully saturated rings. The van der Waals surface area contributed by atoms with Gasteiger partial charge in [-0.05, 0) is 69.3 Å². The van der Waals surface area contributed by atoms with Crippen molar-refractivity contribution in [3.05, 3.63) is 11.6 Å². The van der Waals surface area contributed by atoms with Gasteiger partial charge in [0.1, 0.15) is 0 Å². The van der Waals surface area contributed by atoms with Crippen LogP contribution in [0.5, 0.6) is 0 Å². The smallest absolute Gasteiger partial charge is 0.309 e. The molecule has 0 aromatic heterocycles. The van der Waals surface area contributed by atoms with Crippen LogP contribution in [0.3, 0.4) is 0 Å². The summed E-state index contributed by atoms with van der Waals surface area (Å²) in [5, 5.41) is 21.0. The Morgan fingerprint density at radius 2 is 2.00 bits per heavy atom. The van der Waals surface area contributed by atoms with E-state index in [0.29, 0.717) is 19.3 Å². The highest BCUT2D eigenvalue weighted by Crippen LogP contribution is 2.74. The molecule has 33 heavy (non-hydrogen) atoms. The van der Waals surface area contributed by atoms with Crippen molar-refractivity contribution in [2.45, 2.75) is 96.6 Å². The second kappa shape index (κ2) is 7.38. The maximum absolute atomic E-state index is 13.4. The molecular weight excluding hydrogens is 424 g/mol. The van der Waals surface area contributed by atoms with Gasteiger partial charge < -0.3 is 19.7 Å². The van der Waals surface area contributed by atoms with E-state index in [2.05, 4.69) is 13.8 Å². The van der Waals surface area contributed by atoms with Crippen LogP contribution in [-0.4, -0.2) is 51.8 Å². The maximum atomic E-state index is 13.4. The van der Waals surface area contributed by atoms with Gasteiger partial charge >= 0.3 is 11.9 Å². The molecule has 0 bridgehead atoms. The number of hydrogen-bond donors (Lipinski definition) is 2. The molecule has 9 atom stereocenters. The normalized spacial score (nSPS) is 47.7. The van der Waals surface area contributed by atoms with Gasteiger partial charge in [0, 0.05) is 24.2 Å². The molecule has 5 rings (SSSR count). The fourth-order valence-electron chi connectivity index (χ4n) is 8.33. The third-order valence-electron chi connectivity index (χ3n) is 10.00. The molecule has 0 spiro atoms. The van der Waals surface area contributed by atoms with Crippen LogP contribution in [0.15, 0.2) is 11.6 Å². The number of epoxide rings is 1. The average Bonchev–Trinajstić information content (AvgIpc) is 3.47. The largest absolute Gasteiger partial charge is 0.481 e. The van der Waals surface area contributed by atoms with Crippen LogP contribution < -0.4 is 0 Å². The van der Waals surface area contributed by atoms with Crippen LogP contribution in [0.2, 0.25) is 0 Å². The second-order valence-corrected chi connectivity index (χ2v) is 11.8. The summed E-state index contributed by atoms with van der Waals surface area (Å²) in [5.74, 6) is -1.33. The summed E-state index contributed by atoms with van der Waals surface area (Å²) in [4.78, 5) is 37.0. The first-order chi connectivity index (χ1) is 15.4. The van der Waals surface area contributed by atoms with Crippen LogP contribution in [-0.2, 0) is 23.9 Å². The summed E-state index contributed by atoms with van der Waals surface area (Å²) in [6.45, 7) is 7.96. The molecule has 0 aromatic rings. The predicted molar refractivity (Wildman–Crippen MR) is 118 cm³/mol. The lowest BCUT2D eigenvalue weighted by molar-refractivity contribution is -0.169. The molecule has 1 unspecified atom stereocenters. The van der Waals surface area contributed by atoms with E-state index in [0.717, 1.165) is 18.4 Å². The number of aliphatic hydroxyl groups is 1. The Hall–Kier alpha value is -1.73. The highest BCUT2D eigenvalue weighted by molar-refractivity contribution is 5.92. The Bertz CT molecular complexity index is 924. The number of hydrogen-bond acceptors (Lipinski definition) is 6. The van der Waals surface area contributed by atoms with Gasteiger partial charge in [0.05, 0.1) is 29.8 Å². The van der Waals surface area contributed by atoms with Crippen molar-refractivity contribution < 1.29 is 34.1 Å². The van der Waals surface area contributed by atoms with E-state index in [1.807, 2.05) is 13.8 Å². The zero-order chi connectivity index (χ0) is 23.9. The monoisotopic (exact) mass is 460 g/mol. The van der Waals surface area contributed by atoms with Crippen LogP contribution in [0.4, 0.5) is 0 Å². The molecule has 0 aromatic carbocycles. The Morgan fingerprint density at radius 1 is 1.27 bits per heavy atom. The summed E-state index contributed by atoms with van der Waals surface area (Å²) >= 11 is 0. The molecule has 0 radical (unpaired) electrons. The fourth-order valence-corrected chi connectivity index (χ4v) is 8.33. The molecule has 7 heteroatoms. The Kier molecular flexibility index (Phi) is 5.15. The van der Waals surface area contributed by atoms with E-state index < -0.39 is 17.0 Å². The summed E-state index contributed by atoms with van der Waals surface area (Å²) in [6.07, 6.45) is 4.40.